The van der Waals surface area contributed by atoms with Crippen molar-refractivity contribution in [2.24, 2.45) is 0 Å². The third-order valence-electron chi connectivity index (χ3n) is 4.36. The first-order valence-corrected chi connectivity index (χ1v) is 7.87. The van der Waals surface area contributed by atoms with E-state index in [0.29, 0.717) is 0 Å². The Bertz CT molecular complexity index is 482. The zero-order chi connectivity index (χ0) is 16.3. The minimum atomic E-state index is -4.10. The Kier molecular flexibility index (Phi) is 5.50. The average Bonchev–Trinajstić information content (AvgIpc) is 2.41. The fraction of sp³-hybridized carbons (Fsp3) is 0.647. The van der Waals surface area contributed by atoms with Crippen LogP contribution in [0.3, 0.4) is 0 Å². The molecule has 0 unspecified atom stereocenters. The van der Waals surface area contributed by atoms with Crippen LogP contribution in [0, 0.1) is 20.8 Å². The van der Waals surface area contributed by atoms with Crippen molar-refractivity contribution in [3.8, 4) is 0 Å². The van der Waals surface area contributed by atoms with Crippen molar-refractivity contribution in [2.45, 2.75) is 45.8 Å². The van der Waals surface area contributed by atoms with E-state index in [2.05, 4.69) is 22.3 Å². The van der Waals surface area contributed by atoms with Gasteiger partial charge in [-0.15, -0.1) is 0 Å². The Morgan fingerprint density at radius 2 is 1.64 bits per heavy atom. The summed E-state index contributed by atoms with van der Waals surface area (Å²) >= 11 is 0. The normalized spacial score (nSPS) is 18.5. The molecule has 1 aliphatic rings. The third-order valence-corrected chi connectivity index (χ3v) is 4.36. The quantitative estimate of drug-likeness (QED) is 0.907. The lowest BCUT2D eigenvalue weighted by molar-refractivity contribution is -0.138. The van der Waals surface area contributed by atoms with Gasteiger partial charge in [0.2, 0.25) is 0 Å². The molecule has 0 aromatic heterocycles. The largest absolute Gasteiger partial charge is 0.389 e. The van der Waals surface area contributed by atoms with E-state index < -0.39 is 12.6 Å². The van der Waals surface area contributed by atoms with Crippen molar-refractivity contribution in [1.29, 1.82) is 0 Å². The molecule has 1 saturated heterocycles. The van der Waals surface area contributed by atoms with E-state index >= 15 is 0 Å². The van der Waals surface area contributed by atoms with Gasteiger partial charge >= 0.3 is 6.18 Å². The van der Waals surface area contributed by atoms with Gasteiger partial charge in [0.15, 0.2) is 0 Å². The van der Waals surface area contributed by atoms with Crippen molar-refractivity contribution in [3.63, 3.8) is 0 Å². The van der Waals surface area contributed by atoms with Crippen LogP contribution in [0.5, 0.6) is 0 Å². The van der Waals surface area contributed by atoms with E-state index in [-0.39, 0.29) is 12.5 Å². The van der Waals surface area contributed by atoms with E-state index in [1.807, 2.05) is 20.8 Å². The number of nitrogens with one attached hydrogen (secondary N) is 1. The van der Waals surface area contributed by atoms with Gasteiger partial charge < -0.3 is 5.32 Å². The van der Waals surface area contributed by atoms with Crippen LogP contribution in [0.4, 0.5) is 13.2 Å². The SMILES string of the molecule is Cc1cc(C)c([C@H](CCC(F)(F)F)N2CCNCC2)c(C)c1. The number of aryl methyl sites for hydroxylation is 3. The molecule has 1 aliphatic heterocycles. The maximum Gasteiger partial charge on any atom is 0.389 e. The van der Waals surface area contributed by atoms with E-state index in [9.17, 15) is 13.2 Å². The molecule has 0 saturated carbocycles. The molecule has 1 aromatic carbocycles. The first-order valence-electron chi connectivity index (χ1n) is 7.87. The average molecular weight is 314 g/mol. The lowest BCUT2D eigenvalue weighted by Crippen LogP contribution is -2.45. The van der Waals surface area contributed by atoms with Gasteiger partial charge in [-0.05, 0) is 43.9 Å². The van der Waals surface area contributed by atoms with Crippen molar-refractivity contribution in [2.75, 3.05) is 26.2 Å². The minimum Gasteiger partial charge on any atom is -0.314 e. The predicted octanol–water partition coefficient (Wildman–Crippen LogP) is 3.90. The number of hydrogen-bond acceptors (Lipinski definition) is 2. The van der Waals surface area contributed by atoms with Gasteiger partial charge in [-0.1, -0.05) is 17.7 Å². The number of piperazine rings is 1. The first kappa shape index (κ1) is 17.3. The summed E-state index contributed by atoms with van der Waals surface area (Å²) in [4.78, 5) is 2.20. The summed E-state index contributed by atoms with van der Waals surface area (Å²) in [5.41, 5.74) is 4.44. The molecule has 2 nitrogen and oxygen atoms in total. The smallest absolute Gasteiger partial charge is 0.314 e. The number of hydrogen-bond donors (Lipinski definition) is 1. The third kappa shape index (κ3) is 4.46. The molecule has 5 heteroatoms. The topological polar surface area (TPSA) is 15.3 Å². The molecule has 124 valence electrons. The molecule has 1 aromatic rings. The van der Waals surface area contributed by atoms with Gasteiger partial charge in [0.1, 0.15) is 0 Å². The second-order valence-electron chi connectivity index (χ2n) is 6.27. The molecule has 0 spiro atoms. The first-order chi connectivity index (χ1) is 10.3. The summed E-state index contributed by atoms with van der Waals surface area (Å²) in [6.07, 6.45) is -4.69. The molecule has 1 N–H and O–H groups in total. The van der Waals surface area contributed by atoms with Crippen molar-refractivity contribution in [1.82, 2.24) is 10.2 Å². The molecule has 0 bridgehead atoms. The van der Waals surface area contributed by atoms with Gasteiger partial charge in [-0.25, -0.2) is 0 Å². The van der Waals surface area contributed by atoms with Crippen LogP contribution >= 0.6 is 0 Å². The van der Waals surface area contributed by atoms with Gasteiger partial charge in [-0.2, -0.15) is 13.2 Å². The molecule has 22 heavy (non-hydrogen) atoms. The van der Waals surface area contributed by atoms with Crippen molar-refractivity contribution >= 4 is 0 Å². The summed E-state index contributed by atoms with van der Waals surface area (Å²) in [5.74, 6) is 0. The maximum atomic E-state index is 12.7. The zero-order valence-electron chi connectivity index (χ0n) is 13.6. The Morgan fingerprint density at radius 1 is 1.09 bits per heavy atom. The second-order valence-corrected chi connectivity index (χ2v) is 6.27. The molecule has 1 heterocycles. The lowest BCUT2D eigenvalue weighted by atomic mass is 9.90. The van der Waals surface area contributed by atoms with Gasteiger partial charge in [0, 0.05) is 38.6 Å². The zero-order valence-corrected chi connectivity index (χ0v) is 13.6. The van der Waals surface area contributed by atoms with Crippen LogP contribution in [0.25, 0.3) is 0 Å². The summed E-state index contributed by atoms with van der Waals surface area (Å²) in [5, 5.41) is 3.27. The van der Waals surface area contributed by atoms with E-state index in [4.69, 9.17) is 0 Å². The molecular formula is C17H25F3N2. The second kappa shape index (κ2) is 7.01. The number of halogens is 3. The molecule has 1 fully saturated rings. The van der Waals surface area contributed by atoms with E-state index in [1.165, 1.54) is 0 Å². The van der Waals surface area contributed by atoms with Crippen LogP contribution in [0.1, 0.15) is 41.1 Å². The number of alkyl halides is 3. The fourth-order valence-electron chi connectivity index (χ4n) is 3.52. The highest BCUT2D eigenvalue weighted by atomic mass is 19.4. The molecule has 2 rings (SSSR count). The Balaban J connectivity index is 2.30. The Morgan fingerprint density at radius 3 is 2.14 bits per heavy atom. The van der Waals surface area contributed by atoms with E-state index in [0.717, 1.165) is 48.4 Å². The Hall–Kier alpha value is -1.07. The predicted molar refractivity (Wildman–Crippen MR) is 83.1 cm³/mol. The lowest BCUT2D eigenvalue weighted by Gasteiger charge is -2.37. The molecule has 1 atom stereocenters. The minimum absolute atomic E-state index is 0.133. The number of rotatable bonds is 4. The number of nitrogens with zero attached hydrogens (tertiary/aromatic N) is 1. The summed E-state index contributed by atoms with van der Waals surface area (Å²) in [7, 11) is 0. The van der Waals surface area contributed by atoms with E-state index in [1.54, 1.807) is 0 Å². The van der Waals surface area contributed by atoms with Crippen molar-refractivity contribution in [3.05, 3.63) is 34.4 Å². The van der Waals surface area contributed by atoms with Crippen LogP contribution in [-0.4, -0.2) is 37.3 Å². The summed E-state index contributed by atoms with van der Waals surface area (Å²) in [6, 6.07) is 4.00. The molecule has 0 aliphatic carbocycles. The standard InChI is InChI=1S/C17H25F3N2/c1-12-10-13(2)16(14(3)11-12)15(4-5-17(18,19)20)22-8-6-21-7-9-22/h10-11,15,21H,4-9H2,1-3H3/t15-/m0/s1. The monoisotopic (exact) mass is 314 g/mol. The highest BCUT2D eigenvalue weighted by molar-refractivity contribution is 5.39. The molecular weight excluding hydrogens is 289 g/mol. The van der Waals surface area contributed by atoms with Crippen LogP contribution < -0.4 is 5.32 Å². The van der Waals surface area contributed by atoms with Crippen LogP contribution in [0.2, 0.25) is 0 Å². The van der Waals surface area contributed by atoms with Crippen LogP contribution in [0.15, 0.2) is 12.1 Å². The maximum absolute atomic E-state index is 12.7. The van der Waals surface area contributed by atoms with Crippen molar-refractivity contribution < 1.29 is 13.2 Å². The van der Waals surface area contributed by atoms with Gasteiger partial charge in [0.05, 0.1) is 0 Å². The fourth-order valence-corrected chi connectivity index (χ4v) is 3.52. The molecule has 0 radical (unpaired) electrons. The molecule has 0 amide bonds. The Labute approximate surface area is 130 Å². The van der Waals surface area contributed by atoms with Crippen LogP contribution in [-0.2, 0) is 0 Å². The highest BCUT2D eigenvalue weighted by Gasteiger charge is 2.32. The summed E-state index contributed by atoms with van der Waals surface area (Å²) < 4.78 is 38.2. The highest BCUT2D eigenvalue weighted by Crippen LogP contribution is 2.35. The number of benzene rings is 1. The van der Waals surface area contributed by atoms with Gasteiger partial charge in [0.25, 0.3) is 0 Å². The van der Waals surface area contributed by atoms with Gasteiger partial charge in [-0.3, -0.25) is 4.90 Å². The summed E-state index contributed by atoms with van der Waals surface area (Å²) in [6.45, 7) is 9.33.